The smallest absolute Gasteiger partial charge is 0.335 e. The van der Waals surface area contributed by atoms with Crippen LogP contribution in [0.25, 0.3) is 0 Å². The Labute approximate surface area is 415 Å². The average molecular weight is 1010 g/mol. The van der Waals surface area contributed by atoms with Crippen molar-refractivity contribution in [3.63, 3.8) is 0 Å². The lowest BCUT2D eigenvalue weighted by atomic mass is 9.33. The first-order valence-electron chi connectivity index (χ1n) is 25.1. The van der Waals surface area contributed by atoms with E-state index < -0.39 is 161 Å². The Morgan fingerprint density at radius 3 is 1.97 bits per heavy atom. The van der Waals surface area contributed by atoms with Crippen LogP contribution in [0.1, 0.15) is 114 Å². The molecule has 0 aromatic rings. The van der Waals surface area contributed by atoms with E-state index in [9.17, 15) is 60.0 Å². The second-order valence-electron chi connectivity index (χ2n) is 23.2. The molecule has 0 spiro atoms. The maximum absolute atomic E-state index is 14.4. The standard InChI is InChI=1S/C52H78O19/c1-12-24(3)42(62)70-39-40(71-43(63)25(4)13-2)52(23-53)27(20-47(39,5)6)26-14-15-29-48(7)18-17-32(51(10,46(64)65-11)30(48)16-19-49(29,8)50(26,9)21-31(52)55)67-45-36(59)37(35(58)38(69-45)41(60)61)68-44-34(57)33(56)28(54)22-66-44/h12-14,27-40,44-45,53-59H,15-23H2,1-11H3,(H,60,61)/b24-12-,25-13-/t27-,28-,29+,30+,31+,32-,33-,34+,35-,36+,37-,38-,39-,40-,44-,45+,48+,49+,50+,51-,52-/m0/s1. The molecule has 0 radical (unpaired) electrons. The molecule has 7 aliphatic rings. The molecule has 0 unspecified atom stereocenters. The van der Waals surface area contributed by atoms with E-state index in [0.717, 1.165) is 5.57 Å². The summed E-state index contributed by atoms with van der Waals surface area (Å²) in [4.78, 5) is 54.2. The number of fused-ring (bicyclic) bond motifs is 7. The molecule has 19 nitrogen and oxygen atoms in total. The highest BCUT2D eigenvalue weighted by molar-refractivity contribution is 5.89. The number of carboxylic acid groups (broad SMARTS) is 1. The largest absolute Gasteiger partial charge is 0.479 e. The fourth-order valence-corrected chi connectivity index (χ4v) is 14.8. The molecule has 2 aliphatic heterocycles. The van der Waals surface area contributed by atoms with Gasteiger partial charge in [-0.05, 0) is 114 Å². The van der Waals surface area contributed by atoms with Gasteiger partial charge in [0, 0.05) is 16.6 Å². The quantitative estimate of drug-likeness (QED) is 0.0485. The van der Waals surface area contributed by atoms with Crippen molar-refractivity contribution >= 4 is 23.9 Å². The van der Waals surface area contributed by atoms with Crippen molar-refractivity contribution in [1.29, 1.82) is 0 Å². The Morgan fingerprint density at radius 1 is 0.775 bits per heavy atom. The Morgan fingerprint density at radius 2 is 1.39 bits per heavy atom. The Hall–Kier alpha value is -3.34. The second-order valence-corrected chi connectivity index (χ2v) is 23.2. The summed E-state index contributed by atoms with van der Waals surface area (Å²) in [5.41, 5.74) is -3.79. The first kappa shape index (κ1) is 55.4. The minimum absolute atomic E-state index is 0.0991. The zero-order valence-corrected chi connectivity index (χ0v) is 42.9. The molecule has 8 N–H and O–H groups in total. The van der Waals surface area contributed by atoms with E-state index in [-0.39, 0.29) is 18.8 Å². The van der Waals surface area contributed by atoms with Gasteiger partial charge in [-0.15, -0.1) is 0 Å². The van der Waals surface area contributed by atoms with Gasteiger partial charge in [0.25, 0.3) is 0 Å². The zero-order chi connectivity index (χ0) is 52.7. The number of hydrogen-bond acceptors (Lipinski definition) is 18. The van der Waals surface area contributed by atoms with Crippen LogP contribution in [0, 0.1) is 50.2 Å². The highest BCUT2D eigenvalue weighted by Gasteiger charge is 2.75. The van der Waals surface area contributed by atoms with Gasteiger partial charge >= 0.3 is 23.9 Å². The molecule has 0 bridgehead atoms. The van der Waals surface area contributed by atoms with Crippen molar-refractivity contribution in [2.75, 3.05) is 20.3 Å². The van der Waals surface area contributed by atoms with Gasteiger partial charge in [0.05, 0.1) is 43.4 Å². The van der Waals surface area contributed by atoms with Crippen LogP contribution in [0.5, 0.6) is 0 Å². The summed E-state index contributed by atoms with van der Waals surface area (Å²) in [6.07, 6.45) is -12.4. The van der Waals surface area contributed by atoms with E-state index in [1.165, 1.54) is 7.11 Å². The van der Waals surface area contributed by atoms with E-state index in [2.05, 4.69) is 26.8 Å². The molecule has 0 aromatic carbocycles. The monoisotopic (exact) mass is 1010 g/mol. The van der Waals surface area contributed by atoms with Gasteiger partial charge in [0.1, 0.15) is 42.7 Å². The van der Waals surface area contributed by atoms with Crippen LogP contribution in [0.4, 0.5) is 0 Å². The number of aliphatic hydroxyl groups excluding tert-OH is 7. The molecule has 400 valence electrons. The van der Waals surface area contributed by atoms with Gasteiger partial charge in [-0.3, -0.25) is 4.79 Å². The van der Waals surface area contributed by atoms with Gasteiger partial charge < -0.3 is 74.0 Å². The molecule has 7 rings (SSSR count). The topological polar surface area (TPSA) is 295 Å². The van der Waals surface area contributed by atoms with Crippen molar-refractivity contribution in [3.05, 3.63) is 34.9 Å². The van der Waals surface area contributed by atoms with Crippen molar-refractivity contribution in [2.45, 2.75) is 194 Å². The number of aliphatic hydroxyl groups is 7. The summed E-state index contributed by atoms with van der Waals surface area (Å²) in [5.74, 6) is -4.49. The molecule has 19 heteroatoms. The van der Waals surface area contributed by atoms with Gasteiger partial charge in [-0.2, -0.15) is 0 Å². The maximum Gasteiger partial charge on any atom is 0.335 e. The fourth-order valence-electron chi connectivity index (χ4n) is 14.8. The van der Waals surface area contributed by atoms with Crippen LogP contribution in [0.2, 0.25) is 0 Å². The lowest BCUT2D eigenvalue weighted by molar-refractivity contribution is -0.356. The number of methoxy groups -OCH3 is 1. The number of carbonyl (C=O) groups excluding carboxylic acids is 3. The van der Waals surface area contributed by atoms with E-state index in [0.29, 0.717) is 43.3 Å². The lowest BCUT2D eigenvalue weighted by Gasteiger charge is -2.72. The summed E-state index contributed by atoms with van der Waals surface area (Å²) in [5, 5.41) is 88.4. The third-order valence-electron chi connectivity index (χ3n) is 19.4. The average Bonchev–Trinajstić information content (AvgIpc) is 3.32. The first-order chi connectivity index (χ1) is 33.1. The summed E-state index contributed by atoms with van der Waals surface area (Å²) in [7, 11) is 1.27. The zero-order valence-electron chi connectivity index (χ0n) is 42.9. The third-order valence-corrected chi connectivity index (χ3v) is 19.4. The summed E-state index contributed by atoms with van der Waals surface area (Å²) < 4.78 is 41.5. The number of carboxylic acids is 1. The molecule has 21 atom stereocenters. The van der Waals surface area contributed by atoms with Crippen molar-refractivity contribution in [2.24, 2.45) is 50.2 Å². The van der Waals surface area contributed by atoms with Crippen LogP contribution in [-0.4, -0.2) is 165 Å². The Kier molecular flexibility index (Phi) is 15.4. The van der Waals surface area contributed by atoms with Crippen molar-refractivity contribution in [3.8, 4) is 0 Å². The van der Waals surface area contributed by atoms with Crippen LogP contribution >= 0.6 is 0 Å². The molecule has 4 saturated carbocycles. The van der Waals surface area contributed by atoms with Crippen molar-refractivity contribution in [1.82, 2.24) is 0 Å². The van der Waals surface area contributed by atoms with Gasteiger partial charge in [0.2, 0.25) is 0 Å². The molecule has 2 heterocycles. The molecule has 6 fully saturated rings. The second kappa shape index (κ2) is 19.7. The molecule has 0 aromatic heterocycles. The molecular formula is C52H78O19. The Balaban J connectivity index is 1.23. The minimum atomic E-state index is -2.01. The number of esters is 3. The number of carbonyl (C=O) groups is 4. The fraction of sp³-hybridized carbons (Fsp3) is 0.808. The Bertz CT molecular complexity index is 2160. The van der Waals surface area contributed by atoms with Gasteiger partial charge in [-0.25, -0.2) is 14.4 Å². The van der Waals surface area contributed by atoms with Crippen molar-refractivity contribution < 1.29 is 93.2 Å². The van der Waals surface area contributed by atoms with Crippen LogP contribution in [0.15, 0.2) is 34.9 Å². The molecule has 0 amide bonds. The van der Waals surface area contributed by atoms with Gasteiger partial charge in [0.15, 0.2) is 24.8 Å². The maximum atomic E-state index is 14.4. The number of allylic oxidation sites excluding steroid dienone is 4. The van der Waals surface area contributed by atoms with E-state index in [1.807, 2.05) is 13.8 Å². The summed E-state index contributed by atoms with van der Waals surface area (Å²) in [6.45, 7) is 17.9. The first-order valence-corrected chi connectivity index (χ1v) is 25.1. The molecule has 71 heavy (non-hydrogen) atoms. The number of rotatable bonds is 11. The third kappa shape index (κ3) is 8.54. The summed E-state index contributed by atoms with van der Waals surface area (Å²) in [6, 6.07) is 0. The highest BCUT2D eigenvalue weighted by Crippen LogP contribution is 2.76. The number of ether oxygens (including phenoxy) is 7. The SMILES string of the molecule is C/C=C(/C)C(=O)O[C@H]1[C@H](OC(=O)/C(C)=C\C)[C@]2(CO)[C@H](O)C[C@]3(C)C(=CC[C@@H]4[C@@]5(C)CC[C@H](O[C@@H]6O[C@H](C(=O)O)[C@@H](O)[C@H](O[C@@H]7OC[C@H](O)[C@H](O)[C@H]7O)[C@H]6O)[C@@](C)(C(=O)OC)[C@@H]5CC[C@]43C)[C@@H]2CC1(C)C. The highest BCUT2D eigenvalue weighted by atomic mass is 16.7. The van der Waals surface area contributed by atoms with Gasteiger partial charge in [-0.1, -0.05) is 58.4 Å². The predicted molar refractivity (Wildman–Crippen MR) is 249 cm³/mol. The van der Waals surface area contributed by atoms with E-state index in [4.69, 9.17) is 33.2 Å². The predicted octanol–water partition coefficient (Wildman–Crippen LogP) is 2.62. The normalized spacial score (nSPS) is 47.5. The lowest BCUT2D eigenvalue weighted by Crippen LogP contribution is -2.73. The summed E-state index contributed by atoms with van der Waals surface area (Å²) >= 11 is 0. The minimum Gasteiger partial charge on any atom is -0.479 e. The van der Waals surface area contributed by atoms with E-state index >= 15 is 0 Å². The molecular weight excluding hydrogens is 929 g/mol. The number of aliphatic carboxylic acids is 1. The van der Waals surface area contributed by atoms with E-state index in [1.54, 1.807) is 46.8 Å². The number of hydrogen-bond donors (Lipinski definition) is 8. The van der Waals surface area contributed by atoms with Crippen LogP contribution in [-0.2, 0) is 52.3 Å². The van der Waals surface area contributed by atoms with Crippen LogP contribution in [0.3, 0.4) is 0 Å². The molecule has 2 saturated heterocycles. The van der Waals surface area contributed by atoms with Crippen LogP contribution < -0.4 is 0 Å². The molecule has 5 aliphatic carbocycles.